The number of nitrogens with one attached hydrogen (secondary N) is 1. The molecule has 5 heteroatoms. The van der Waals surface area contributed by atoms with Crippen LogP contribution in [0.4, 0.5) is 5.69 Å². The molecule has 94 valence electrons. The molecular formula is C13H14N2O3. The van der Waals surface area contributed by atoms with E-state index < -0.39 is 11.7 Å². The number of para-hydroxylation sites is 1. The zero-order valence-electron chi connectivity index (χ0n) is 10.2. The highest BCUT2D eigenvalue weighted by molar-refractivity contribution is 6.03. The minimum Gasteiger partial charge on any atom is -0.422 e. The minimum atomic E-state index is -0.643. The first-order chi connectivity index (χ1) is 8.50. The maximum atomic E-state index is 11.7. The topological polar surface area (TPSA) is 85.3 Å². The van der Waals surface area contributed by atoms with E-state index in [9.17, 15) is 9.59 Å². The normalized spacial score (nSPS) is 12.4. The number of anilines is 1. The third kappa shape index (κ3) is 2.12. The zero-order valence-corrected chi connectivity index (χ0v) is 10.2. The van der Waals surface area contributed by atoms with Crippen LogP contribution in [0, 0.1) is 6.92 Å². The van der Waals surface area contributed by atoms with Gasteiger partial charge in [0.05, 0.1) is 17.3 Å². The Balaban J connectivity index is 2.64. The van der Waals surface area contributed by atoms with Crippen LogP contribution in [0.25, 0.3) is 11.0 Å². The summed E-state index contributed by atoms with van der Waals surface area (Å²) in [6.07, 6.45) is 0. The van der Waals surface area contributed by atoms with Crippen LogP contribution < -0.4 is 16.7 Å². The van der Waals surface area contributed by atoms with Crippen LogP contribution in [0.1, 0.15) is 12.5 Å². The molecule has 0 bridgehead atoms. The Kier molecular flexibility index (Phi) is 3.16. The fourth-order valence-electron chi connectivity index (χ4n) is 1.64. The van der Waals surface area contributed by atoms with E-state index >= 15 is 0 Å². The summed E-state index contributed by atoms with van der Waals surface area (Å²) < 4.78 is 5.14. The number of hydrogen-bond donors (Lipinski definition) is 2. The predicted molar refractivity (Wildman–Crippen MR) is 69.5 cm³/mol. The van der Waals surface area contributed by atoms with Crippen molar-refractivity contribution in [3.8, 4) is 0 Å². The Morgan fingerprint density at radius 2 is 2.06 bits per heavy atom. The number of hydrogen-bond acceptors (Lipinski definition) is 4. The molecule has 0 fully saturated rings. The van der Waals surface area contributed by atoms with Gasteiger partial charge in [0.25, 0.3) is 0 Å². The summed E-state index contributed by atoms with van der Waals surface area (Å²) in [5.41, 5.74) is 6.30. The molecule has 1 heterocycles. The number of carbonyl (C=O) groups excluding carboxylic acids is 1. The fraction of sp³-hybridized carbons (Fsp3) is 0.231. The SMILES string of the molecule is Cc1c(NC(=O)[C@H](C)N)c2ccccc2oc1=O. The lowest BCUT2D eigenvalue weighted by Gasteiger charge is -2.11. The third-order valence-electron chi connectivity index (χ3n) is 2.70. The van der Waals surface area contributed by atoms with Gasteiger partial charge >= 0.3 is 5.63 Å². The van der Waals surface area contributed by atoms with Crippen molar-refractivity contribution in [1.82, 2.24) is 0 Å². The van der Waals surface area contributed by atoms with Crippen molar-refractivity contribution in [2.75, 3.05) is 5.32 Å². The van der Waals surface area contributed by atoms with Crippen LogP contribution in [-0.4, -0.2) is 11.9 Å². The van der Waals surface area contributed by atoms with Crippen molar-refractivity contribution < 1.29 is 9.21 Å². The molecule has 0 saturated heterocycles. The monoisotopic (exact) mass is 246 g/mol. The van der Waals surface area contributed by atoms with E-state index in [-0.39, 0.29) is 5.91 Å². The maximum Gasteiger partial charge on any atom is 0.341 e. The van der Waals surface area contributed by atoms with Gasteiger partial charge in [0.15, 0.2) is 0 Å². The van der Waals surface area contributed by atoms with E-state index in [1.807, 2.05) is 6.07 Å². The van der Waals surface area contributed by atoms with Crippen molar-refractivity contribution in [3.05, 3.63) is 40.2 Å². The van der Waals surface area contributed by atoms with Crippen LogP contribution in [0.2, 0.25) is 0 Å². The van der Waals surface area contributed by atoms with Gasteiger partial charge in [-0.05, 0) is 26.0 Å². The summed E-state index contributed by atoms with van der Waals surface area (Å²) >= 11 is 0. The van der Waals surface area contributed by atoms with Gasteiger partial charge in [-0.3, -0.25) is 4.79 Å². The molecule has 3 N–H and O–H groups in total. The Bertz CT molecular complexity index is 659. The Labute approximate surface area is 104 Å². The summed E-state index contributed by atoms with van der Waals surface area (Å²) in [7, 11) is 0. The van der Waals surface area contributed by atoms with E-state index in [0.717, 1.165) is 0 Å². The van der Waals surface area contributed by atoms with E-state index in [1.165, 1.54) is 0 Å². The quantitative estimate of drug-likeness (QED) is 0.784. The second-order valence-electron chi connectivity index (χ2n) is 4.16. The van der Waals surface area contributed by atoms with E-state index in [0.29, 0.717) is 22.2 Å². The highest BCUT2D eigenvalue weighted by Crippen LogP contribution is 2.24. The molecule has 0 saturated carbocycles. The minimum absolute atomic E-state index is 0.339. The molecule has 1 atom stereocenters. The predicted octanol–water partition coefficient (Wildman–Crippen LogP) is 1.39. The molecule has 2 aromatic rings. The zero-order chi connectivity index (χ0) is 13.3. The number of benzene rings is 1. The van der Waals surface area contributed by atoms with Crippen LogP contribution in [0.5, 0.6) is 0 Å². The van der Waals surface area contributed by atoms with Crippen LogP contribution in [-0.2, 0) is 4.79 Å². The number of carbonyl (C=O) groups is 1. The average molecular weight is 246 g/mol. The first kappa shape index (κ1) is 12.3. The van der Waals surface area contributed by atoms with Crippen LogP contribution in [0.15, 0.2) is 33.5 Å². The third-order valence-corrected chi connectivity index (χ3v) is 2.70. The highest BCUT2D eigenvalue weighted by Gasteiger charge is 2.15. The summed E-state index contributed by atoms with van der Waals surface area (Å²) in [5, 5.41) is 3.35. The van der Waals surface area contributed by atoms with Gasteiger partial charge in [0.1, 0.15) is 5.58 Å². The standard InChI is InChI=1S/C13H14N2O3/c1-7-11(15-12(16)8(2)14)9-5-3-4-6-10(9)18-13(7)17/h3-6,8H,14H2,1-2H3,(H,15,16)/t8-/m0/s1. The Hall–Kier alpha value is -2.14. The fourth-order valence-corrected chi connectivity index (χ4v) is 1.64. The molecule has 1 aromatic carbocycles. The number of amides is 1. The summed E-state index contributed by atoms with van der Waals surface area (Å²) in [5.74, 6) is -0.339. The molecule has 5 nitrogen and oxygen atoms in total. The van der Waals surface area contributed by atoms with E-state index in [2.05, 4.69) is 5.32 Å². The van der Waals surface area contributed by atoms with Gasteiger partial charge in [0, 0.05) is 5.39 Å². The Morgan fingerprint density at radius 1 is 1.39 bits per heavy atom. The number of rotatable bonds is 2. The lowest BCUT2D eigenvalue weighted by molar-refractivity contribution is -0.117. The van der Waals surface area contributed by atoms with Crippen molar-refractivity contribution in [2.45, 2.75) is 19.9 Å². The number of fused-ring (bicyclic) bond motifs is 1. The molecule has 1 amide bonds. The lowest BCUT2D eigenvalue weighted by atomic mass is 10.1. The molecule has 1 aromatic heterocycles. The average Bonchev–Trinajstić information content (AvgIpc) is 2.34. The number of nitrogens with two attached hydrogens (primary N) is 1. The molecule has 0 spiro atoms. The molecule has 2 rings (SSSR count). The van der Waals surface area contributed by atoms with Gasteiger partial charge < -0.3 is 15.5 Å². The molecule has 18 heavy (non-hydrogen) atoms. The first-order valence-electron chi connectivity index (χ1n) is 5.59. The molecule has 0 radical (unpaired) electrons. The van der Waals surface area contributed by atoms with Crippen molar-refractivity contribution >= 4 is 22.6 Å². The largest absolute Gasteiger partial charge is 0.422 e. The first-order valence-corrected chi connectivity index (χ1v) is 5.59. The van der Waals surface area contributed by atoms with E-state index in [4.69, 9.17) is 10.2 Å². The van der Waals surface area contributed by atoms with Gasteiger partial charge in [0.2, 0.25) is 5.91 Å². The van der Waals surface area contributed by atoms with E-state index in [1.54, 1.807) is 32.0 Å². The molecule has 0 aliphatic rings. The van der Waals surface area contributed by atoms with Crippen LogP contribution in [0.3, 0.4) is 0 Å². The smallest absolute Gasteiger partial charge is 0.341 e. The van der Waals surface area contributed by atoms with Gasteiger partial charge in [-0.25, -0.2) is 4.79 Å². The van der Waals surface area contributed by atoms with Crippen molar-refractivity contribution in [2.24, 2.45) is 5.73 Å². The molecule has 0 aliphatic carbocycles. The Morgan fingerprint density at radius 3 is 2.72 bits per heavy atom. The maximum absolute atomic E-state index is 11.7. The van der Waals surface area contributed by atoms with Gasteiger partial charge in [-0.1, -0.05) is 12.1 Å². The van der Waals surface area contributed by atoms with Crippen molar-refractivity contribution in [3.63, 3.8) is 0 Å². The van der Waals surface area contributed by atoms with Crippen LogP contribution >= 0.6 is 0 Å². The van der Waals surface area contributed by atoms with Gasteiger partial charge in [-0.15, -0.1) is 0 Å². The molecule has 0 unspecified atom stereocenters. The summed E-state index contributed by atoms with van der Waals surface area (Å²) in [4.78, 5) is 23.3. The van der Waals surface area contributed by atoms with Crippen molar-refractivity contribution in [1.29, 1.82) is 0 Å². The second kappa shape index (κ2) is 4.62. The molecule has 0 aliphatic heterocycles. The summed E-state index contributed by atoms with van der Waals surface area (Å²) in [6.45, 7) is 3.19. The lowest BCUT2D eigenvalue weighted by Crippen LogP contribution is -2.33. The summed E-state index contributed by atoms with van der Waals surface area (Å²) in [6, 6.07) is 6.39. The van der Waals surface area contributed by atoms with Gasteiger partial charge in [-0.2, -0.15) is 0 Å². The highest BCUT2D eigenvalue weighted by atomic mass is 16.4. The second-order valence-corrected chi connectivity index (χ2v) is 4.16. The molecular weight excluding hydrogens is 232 g/mol.